The van der Waals surface area contributed by atoms with Gasteiger partial charge in [-0.1, -0.05) is 18.2 Å². The number of hydrogen-bond donors (Lipinski definition) is 1. The van der Waals surface area contributed by atoms with Crippen molar-refractivity contribution >= 4 is 17.6 Å². The molecule has 0 radical (unpaired) electrons. The first-order valence-electron chi connectivity index (χ1n) is 8.07. The van der Waals surface area contributed by atoms with Crippen molar-refractivity contribution < 1.29 is 23.0 Å². The average Bonchev–Trinajstić information content (AvgIpc) is 3.08. The molecule has 0 spiro atoms. The predicted octanol–water partition coefficient (Wildman–Crippen LogP) is 3.27. The molecule has 0 aliphatic carbocycles. The van der Waals surface area contributed by atoms with Crippen LogP contribution in [0.15, 0.2) is 54.9 Å². The van der Waals surface area contributed by atoms with Gasteiger partial charge < -0.3 is 19.2 Å². The van der Waals surface area contributed by atoms with E-state index in [-0.39, 0.29) is 18.0 Å². The van der Waals surface area contributed by atoms with Gasteiger partial charge in [0.1, 0.15) is 5.65 Å². The lowest BCUT2D eigenvalue weighted by molar-refractivity contribution is -0.116. The molecule has 0 aliphatic rings. The third-order valence-electron chi connectivity index (χ3n) is 3.71. The van der Waals surface area contributed by atoms with Crippen LogP contribution in [0.2, 0.25) is 0 Å². The molecule has 2 aromatic heterocycles. The highest BCUT2D eigenvalue weighted by atomic mass is 19.3. The fourth-order valence-electron chi connectivity index (χ4n) is 2.51. The summed E-state index contributed by atoms with van der Waals surface area (Å²) in [5, 5.41) is 2.70. The van der Waals surface area contributed by atoms with E-state index in [0.717, 1.165) is 5.65 Å². The number of nitrogens with one attached hydrogen (secondary N) is 1. The van der Waals surface area contributed by atoms with Crippen LogP contribution in [-0.2, 0) is 11.3 Å². The Morgan fingerprint density at radius 2 is 2.15 bits per heavy atom. The van der Waals surface area contributed by atoms with E-state index in [1.165, 1.54) is 25.3 Å². The maximum Gasteiger partial charge on any atom is 0.387 e. The maximum atomic E-state index is 12.6. The number of rotatable bonds is 7. The summed E-state index contributed by atoms with van der Waals surface area (Å²) in [6.07, 6.45) is 6.30. The van der Waals surface area contributed by atoms with E-state index in [9.17, 15) is 13.6 Å². The molecule has 140 valence electrons. The first kappa shape index (κ1) is 18.4. The van der Waals surface area contributed by atoms with Crippen LogP contribution in [0, 0.1) is 0 Å². The van der Waals surface area contributed by atoms with Gasteiger partial charge in [-0.15, -0.1) is 0 Å². The molecule has 0 fully saturated rings. The van der Waals surface area contributed by atoms with E-state index in [0.29, 0.717) is 11.3 Å². The van der Waals surface area contributed by atoms with Gasteiger partial charge in [-0.05, 0) is 24.3 Å². The summed E-state index contributed by atoms with van der Waals surface area (Å²) in [6, 6.07) is 10.3. The normalized spacial score (nSPS) is 11.3. The zero-order chi connectivity index (χ0) is 19.2. The van der Waals surface area contributed by atoms with Gasteiger partial charge in [0.05, 0.1) is 19.3 Å². The number of fused-ring (bicyclic) bond motifs is 1. The third-order valence-corrected chi connectivity index (χ3v) is 3.71. The molecule has 0 saturated heterocycles. The van der Waals surface area contributed by atoms with E-state index < -0.39 is 12.5 Å². The van der Waals surface area contributed by atoms with Gasteiger partial charge in [0.2, 0.25) is 5.91 Å². The molecule has 0 unspecified atom stereocenters. The molecule has 3 aromatic rings. The molecule has 1 amide bonds. The van der Waals surface area contributed by atoms with Gasteiger partial charge in [-0.2, -0.15) is 8.78 Å². The number of amides is 1. The van der Waals surface area contributed by atoms with Crippen LogP contribution in [-0.4, -0.2) is 29.0 Å². The largest absolute Gasteiger partial charge is 0.493 e. The number of aromatic nitrogens is 2. The van der Waals surface area contributed by atoms with Crippen LogP contribution in [0.1, 0.15) is 11.3 Å². The van der Waals surface area contributed by atoms with Gasteiger partial charge in [0.15, 0.2) is 11.5 Å². The minimum Gasteiger partial charge on any atom is -0.493 e. The SMILES string of the molecule is COc1cccc(/C=C/C(=O)NCc2cn3ccccc3n2)c1OC(F)F. The number of carbonyl (C=O) groups is 1. The van der Waals surface area contributed by atoms with Crippen LogP contribution >= 0.6 is 0 Å². The topological polar surface area (TPSA) is 64.9 Å². The Bertz CT molecular complexity index is 937. The Kier molecular flexibility index (Phi) is 5.65. The van der Waals surface area contributed by atoms with E-state index >= 15 is 0 Å². The molecular weight excluding hydrogens is 356 g/mol. The second kappa shape index (κ2) is 8.31. The number of hydrogen-bond acceptors (Lipinski definition) is 4. The molecule has 0 aliphatic heterocycles. The van der Waals surface area contributed by atoms with Crippen molar-refractivity contribution in [3.63, 3.8) is 0 Å². The highest BCUT2D eigenvalue weighted by Crippen LogP contribution is 2.33. The van der Waals surface area contributed by atoms with Gasteiger partial charge in [0.25, 0.3) is 0 Å². The van der Waals surface area contributed by atoms with Crippen molar-refractivity contribution in [3.05, 3.63) is 66.1 Å². The molecule has 6 nitrogen and oxygen atoms in total. The second-order valence-electron chi connectivity index (χ2n) is 5.51. The summed E-state index contributed by atoms with van der Waals surface area (Å²) in [5.41, 5.74) is 1.78. The number of benzene rings is 1. The zero-order valence-electron chi connectivity index (χ0n) is 14.4. The van der Waals surface area contributed by atoms with Gasteiger partial charge in [-0.3, -0.25) is 4.79 Å². The number of halogens is 2. The Morgan fingerprint density at radius 1 is 1.30 bits per heavy atom. The molecule has 0 saturated carbocycles. The van der Waals surface area contributed by atoms with Crippen LogP contribution in [0.25, 0.3) is 11.7 Å². The monoisotopic (exact) mass is 373 g/mol. The Morgan fingerprint density at radius 3 is 2.89 bits per heavy atom. The Balaban J connectivity index is 1.67. The smallest absolute Gasteiger partial charge is 0.387 e. The minimum atomic E-state index is -3.00. The molecule has 27 heavy (non-hydrogen) atoms. The van der Waals surface area contributed by atoms with Gasteiger partial charge in [0, 0.05) is 24.0 Å². The third kappa shape index (κ3) is 4.60. The molecule has 1 N–H and O–H groups in total. The predicted molar refractivity (Wildman–Crippen MR) is 95.7 cm³/mol. The number of methoxy groups -OCH3 is 1. The Labute approximate surface area is 154 Å². The molecular formula is C19H17F2N3O3. The number of imidazole rings is 1. The average molecular weight is 373 g/mol. The van der Waals surface area contributed by atoms with E-state index in [2.05, 4.69) is 15.0 Å². The lowest BCUT2D eigenvalue weighted by Gasteiger charge is -2.12. The summed E-state index contributed by atoms with van der Waals surface area (Å²) in [4.78, 5) is 16.4. The van der Waals surface area contributed by atoms with Crippen LogP contribution in [0.5, 0.6) is 11.5 Å². The van der Waals surface area contributed by atoms with Crippen molar-refractivity contribution in [2.24, 2.45) is 0 Å². The number of pyridine rings is 1. The fraction of sp³-hybridized carbons (Fsp3) is 0.158. The molecule has 2 heterocycles. The van der Waals surface area contributed by atoms with Crippen LogP contribution < -0.4 is 14.8 Å². The number of nitrogens with zero attached hydrogens (tertiary/aromatic N) is 2. The summed E-state index contributed by atoms with van der Waals surface area (Å²) < 4.78 is 36.6. The Hall–Kier alpha value is -3.42. The number of alkyl halides is 2. The summed E-state index contributed by atoms with van der Waals surface area (Å²) in [5.74, 6) is -0.361. The quantitative estimate of drug-likeness (QED) is 0.646. The second-order valence-corrected chi connectivity index (χ2v) is 5.51. The van der Waals surface area contributed by atoms with Crippen molar-refractivity contribution in [1.82, 2.24) is 14.7 Å². The maximum absolute atomic E-state index is 12.6. The van der Waals surface area contributed by atoms with Crippen LogP contribution in [0.3, 0.4) is 0 Å². The van der Waals surface area contributed by atoms with E-state index in [1.54, 1.807) is 12.1 Å². The van der Waals surface area contributed by atoms with Crippen LogP contribution in [0.4, 0.5) is 8.78 Å². The number of para-hydroxylation sites is 1. The van der Waals surface area contributed by atoms with Crippen molar-refractivity contribution in [1.29, 1.82) is 0 Å². The summed E-state index contributed by atoms with van der Waals surface area (Å²) in [7, 11) is 1.35. The van der Waals surface area contributed by atoms with Gasteiger partial charge in [-0.25, -0.2) is 4.98 Å². The van der Waals surface area contributed by atoms with Crippen molar-refractivity contribution in [2.45, 2.75) is 13.2 Å². The lowest BCUT2D eigenvalue weighted by Crippen LogP contribution is -2.20. The first-order chi connectivity index (χ1) is 13.1. The molecule has 3 rings (SSSR count). The van der Waals surface area contributed by atoms with Crippen molar-refractivity contribution in [3.8, 4) is 11.5 Å². The highest BCUT2D eigenvalue weighted by Gasteiger charge is 2.14. The zero-order valence-corrected chi connectivity index (χ0v) is 14.4. The summed E-state index contributed by atoms with van der Waals surface area (Å²) >= 11 is 0. The minimum absolute atomic E-state index is 0.126. The molecule has 8 heteroatoms. The molecule has 0 bridgehead atoms. The molecule has 0 atom stereocenters. The van der Waals surface area contributed by atoms with Gasteiger partial charge >= 0.3 is 6.61 Å². The van der Waals surface area contributed by atoms with E-state index in [1.807, 2.05) is 35.0 Å². The standard InChI is InChI=1S/C19H17F2N3O3/c1-26-15-6-4-5-13(18(15)27-19(20)21)8-9-17(25)22-11-14-12-24-10-3-2-7-16(24)23-14/h2-10,12,19H,11H2,1H3,(H,22,25)/b9-8+. The fourth-order valence-corrected chi connectivity index (χ4v) is 2.51. The molecule has 1 aromatic carbocycles. The first-order valence-corrected chi connectivity index (χ1v) is 8.07. The summed E-state index contributed by atoms with van der Waals surface area (Å²) in [6.45, 7) is -2.76. The highest BCUT2D eigenvalue weighted by molar-refractivity contribution is 5.92. The van der Waals surface area contributed by atoms with Crippen molar-refractivity contribution in [2.75, 3.05) is 7.11 Å². The van der Waals surface area contributed by atoms with E-state index in [4.69, 9.17) is 4.74 Å². The number of carbonyl (C=O) groups excluding carboxylic acids is 1. The lowest BCUT2D eigenvalue weighted by atomic mass is 10.1. The number of ether oxygens (including phenoxy) is 2.